The van der Waals surface area contributed by atoms with E-state index in [1.165, 1.54) is 12.8 Å². The molecule has 35 heavy (non-hydrogen) atoms. The number of amides is 1. The Hall–Kier alpha value is -2.17. The van der Waals surface area contributed by atoms with Crippen LogP contribution >= 0.6 is 22.6 Å². The molecule has 1 spiro atoms. The van der Waals surface area contributed by atoms with Gasteiger partial charge in [-0.05, 0) is 90.1 Å². The first-order valence-corrected chi connectivity index (χ1v) is 13.2. The second-order valence-electron chi connectivity index (χ2n) is 9.88. The molecule has 9 heteroatoms. The number of carbonyl (C=O) groups is 1. The van der Waals surface area contributed by atoms with Crippen LogP contribution in [0, 0.1) is 8.99 Å². The zero-order chi connectivity index (χ0) is 24.6. The van der Waals surface area contributed by atoms with Gasteiger partial charge < -0.3 is 19.9 Å². The summed E-state index contributed by atoms with van der Waals surface area (Å²) in [5.74, 6) is -2.66. The number of carbonyl (C=O) groups excluding carboxylic acids is 1. The number of nitrogens with zero attached hydrogens (tertiary/aromatic N) is 2. The zero-order valence-electron chi connectivity index (χ0n) is 19.5. The molecule has 3 aliphatic rings. The molecule has 0 aromatic heterocycles. The van der Waals surface area contributed by atoms with E-state index >= 15 is 0 Å². The van der Waals surface area contributed by atoms with Crippen molar-refractivity contribution >= 4 is 45.6 Å². The van der Waals surface area contributed by atoms with Gasteiger partial charge in [-0.1, -0.05) is 0 Å². The third-order valence-corrected chi connectivity index (χ3v) is 8.26. The topological polar surface area (TPSA) is 44.8 Å². The molecule has 3 fully saturated rings. The van der Waals surface area contributed by atoms with Crippen molar-refractivity contribution in [1.29, 1.82) is 0 Å². The molecule has 1 N–H and O–H groups in total. The Bertz CT molecular complexity index is 1090. The Morgan fingerprint density at radius 1 is 0.914 bits per heavy atom. The standard InChI is InChI=1S/C26H29F3IN3O2/c27-17-35-23-4-2-19(16-22(23)33-13-9-26(28,29)10-14-33)31-24(34)20-3-1-18(30)15-21(20)32-11-7-25(5-6-25)8-12-32/h1-4,15-16H,5-14,17H2,(H,31,34). The van der Waals surface area contributed by atoms with Crippen LogP contribution in [0.4, 0.5) is 30.2 Å². The number of anilines is 3. The summed E-state index contributed by atoms with van der Waals surface area (Å²) in [6, 6.07) is 10.7. The third-order valence-electron chi connectivity index (χ3n) is 7.59. The van der Waals surface area contributed by atoms with Gasteiger partial charge in [-0.3, -0.25) is 4.79 Å². The predicted octanol–water partition coefficient (Wildman–Crippen LogP) is 6.47. The summed E-state index contributed by atoms with van der Waals surface area (Å²) in [6.45, 7) is 1.13. The fourth-order valence-corrected chi connectivity index (χ4v) is 5.63. The van der Waals surface area contributed by atoms with E-state index in [0.29, 0.717) is 22.4 Å². The molecule has 188 valence electrons. The van der Waals surface area contributed by atoms with Crippen LogP contribution in [0.1, 0.15) is 48.9 Å². The summed E-state index contributed by atoms with van der Waals surface area (Å²) >= 11 is 2.27. The van der Waals surface area contributed by atoms with Gasteiger partial charge in [-0.15, -0.1) is 0 Å². The summed E-state index contributed by atoms with van der Waals surface area (Å²) in [6.07, 6.45) is 4.41. The van der Waals surface area contributed by atoms with Crippen LogP contribution in [-0.2, 0) is 0 Å². The third kappa shape index (κ3) is 5.49. The van der Waals surface area contributed by atoms with Gasteiger partial charge in [-0.2, -0.15) is 0 Å². The Balaban J connectivity index is 1.36. The average molecular weight is 599 g/mol. The molecule has 2 heterocycles. The Labute approximate surface area is 217 Å². The van der Waals surface area contributed by atoms with Crippen molar-refractivity contribution in [2.24, 2.45) is 5.41 Å². The first-order valence-electron chi connectivity index (χ1n) is 12.1. The number of ether oxygens (including phenoxy) is 1. The van der Waals surface area contributed by atoms with E-state index in [9.17, 15) is 18.0 Å². The molecular formula is C26H29F3IN3O2. The van der Waals surface area contributed by atoms with Crippen LogP contribution in [0.5, 0.6) is 5.75 Å². The van der Waals surface area contributed by atoms with E-state index in [4.69, 9.17) is 4.74 Å². The quantitative estimate of drug-likeness (QED) is 0.387. The molecule has 5 rings (SSSR count). The van der Waals surface area contributed by atoms with Crippen LogP contribution < -0.4 is 19.9 Å². The highest BCUT2D eigenvalue weighted by Crippen LogP contribution is 2.54. The highest BCUT2D eigenvalue weighted by atomic mass is 127. The maximum atomic E-state index is 13.7. The van der Waals surface area contributed by atoms with E-state index in [1.807, 2.05) is 12.1 Å². The SMILES string of the molecule is O=C(Nc1ccc(OCF)c(N2CCC(F)(F)CC2)c1)c1ccc(I)cc1N1CCC2(CC1)CC2. The molecule has 5 nitrogen and oxygen atoms in total. The Morgan fingerprint density at radius 2 is 1.57 bits per heavy atom. The van der Waals surface area contributed by atoms with E-state index in [2.05, 4.69) is 38.9 Å². The molecule has 0 unspecified atom stereocenters. The van der Waals surface area contributed by atoms with E-state index in [0.717, 1.165) is 35.2 Å². The van der Waals surface area contributed by atoms with Gasteiger partial charge in [0.05, 0.1) is 16.9 Å². The summed E-state index contributed by atoms with van der Waals surface area (Å²) in [5, 5.41) is 2.96. The fourth-order valence-electron chi connectivity index (χ4n) is 5.15. The Kier molecular flexibility index (Phi) is 6.80. The van der Waals surface area contributed by atoms with E-state index in [-0.39, 0.29) is 37.6 Å². The van der Waals surface area contributed by atoms with Crippen molar-refractivity contribution < 1.29 is 22.7 Å². The predicted molar refractivity (Wildman–Crippen MR) is 140 cm³/mol. The van der Waals surface area contributed by atoms with Gasteiger partial charge in [-0.25, -0.2) is 13.2 Å². The fraction of sp³-hybridized carbons (Fsp3) is 0.500. The second-order valence-corrected chi connectivity index (χ2v) is 11.1. The Morgan fingerprint density at radius 3 is 2.23 bits per heavy atom. The highest BCUT2D eigenvalue weighted by Gasteiger charge is 2.44. The number of nitrogens with one attached hydrogen (secondary N) is 1. The second kappa shape index (κ2) is 9.71. The summed E-state index contributed by atoms with van der Waals surface area (Å²) in [4.78, 5) is 17.4. The molecular weight excluding hydrogens is 570 g/mol. The molecule has 2 aromatic rings. The van der Waals surface area contributed by atoms with Gasteiger partial charge in [0.1, 0.15) is 5.75 Å². The van der Waals surface area contributed by atoms with Crippen LogP contribution in [0.3, 0.4) is 0 Å². The van der Waals surface area contributed by atoms with Gasteiger partial charge in [0, 0.05) is 48.3 Å². The van der Waals surface area contributed by atoms with Crippen molar-refractivity contribution in [2.75, 3.05) is 48.2 Å². The van der Waals surface area contributed by atoms with Crippen molar-refractivity contribution in [3.8, 4) is 5.75 Å². The maximum absolute atomic E-state index is 13.7. The van der Waals surface area contributed by atoms with Crippen LogP contribution in [0.2, 0.25) is 0 Å². The average Bonchev–Trinajstić information content (AvgIpc) is 3.59. The minimum Gasteiger partial charge on any atom is -0.461 e. The van der Waals surface area contributed by atoms with Gasteiger partial charge in [0.2, 0.25) is 6.86 Å². The lowest BCUT2D eigenvalue weighted by atomic mass is 9.93. The van der Waals surface area contributed by atoms with Crippen LogP contribution in [0.25, 0.3) is 0 Å². The normalized spacial score (nSPS) is 20.6. The van der Waals surface area contributed by atoms with E-state index in [1.54, 1.807) is 23.1 Å². The molecule has 1 aliphatic carbocycles. The smallest absolute Gasteiger partial charge is 0.257 e. The lowest BCUT2D eigenvalue weighted by molar-refractivity contribution is -0.0221. The molecule has 0 atom stereocenters. The number of rotatable bonds is 6. The summed E-state index contributed by atoms with van der Waals surface area (Å²) in [7, 11) is 0. The van der Waals surface area contributed by atoms with Crippen molar-refractivity contribution in [3.63, 3.8) is 0 Å². The first kappa shape index (κ1) is 24.5. The number of hydrogen-bond donors (Lipinski definition) is 1. The minimum absolute atomic E-state index is 0.130. The molecule has 0 radical (unpaired) electrons. The van der Waals surface area contributed by atoms with Gasteiger partial charge in [0.15, 0.2) is 0 Å². The lowest BCUT2D eigenvalue weighted by Gasteiger charge is -2.35. The highest BCUT2D eigenvalue weighted by molar-refractivity contribution is 14.1. The van der Waals surface area contributed by atoms with Crippen molar-refractivity contribution in [2.45, 2.75) is 44.4 Å². The number of halogens is 4. The van der Waals surface area contributed by atoms with Crippen molar-refractivity contribution in [3.05, 3.63) is 45.5 Å². The van der Waals surface area contributed by atoms with E-state index < -0.39 is 12.8 Å². The zero-order valence-corrected chi connectivity index (χ0v) is 21.6. The first-order chi connectivity index (χ1) is 16.8. The molecule has 2 aromatic carbocycles. The molecule has 2 aliphatic heterocycles. The molecule has 2 saturated heterocycles. The number of benzene rings is 2. The summed E-state index contributed by atoms with van der Waals surface area (Å²) < 4.78 is 46.5. The number of hydrogen-bond acceptors (Lipinski definition) is 4. The largest absolute Gasteiger partial charge is 0.461 e. The van der Waals surface area contributed by atoms with Gasteiger partial charge >= 0.3 is 0 Å². The van der Waals surface area contributed by atoms with Crippen molar-refractivity contribution in [1.82, 2.24) is 0 Å². The number of piperidine rings is 2. The maximum Gasteiger partial charge on any atom is 0.257 e. The van der Waals surface area contributed by atoms with Crippen LogP contribution in [-0.4, -0.2) is 44.9 Å². The summed E-state index contributed by atoms with van der Waals surface area (Å²) in [5.41, 5.74) is 3.08. The van der Waals surface area contributed by atoms with Gasteiger partial charge in [0.25, 0.3) is 11.8 Å². The lowest BCUT2D eigenvalue weighted by Crippen LogP contribution is -2.39. The minimum atomic E-state index is -2.70. The molecule has 1 saturated carbocycles. The van der Waals surface area contributed by atoms with Crippen LogP contribution in [0.15, 0.2) is 36.4 Å². The molecule has 1 amide bonds. The number of alkyl halides is 3. The molecule has 0 bridgehead atoms. The monoisotopic (exact) mass is 599 g/mol.